The molecule has 1 heterocycles. The number of pyridine rings is 1. The van der Waals surface area contributed by atoms with Crippen LogP contribution in [0.5, 0.6) is 0 Å². The molecule has 104 valence electrons. The molecule has 0 saturated heterocycles. The van der Waals surface area contributed by atoms with E-state index >= 15 is 0 Å². The summed E-state index contributed by atoms with van der Waals surface area (Å²) in [4.78, 5) is 26.4. The fraction of sp³-hybridized carbons (Fsp3) is 0.364. The van der Waals surface area contributed by atoms with Crippen LogP contribution in [0.1, 0.15) is 16.1 Å². The van der Waals surface area contributed by atoms with Gasteiger partial charge in [-0.15, -0.1) is 0 Å². The number of carbonyl (C=O) groups excluding carboxylic acids is 1. The molecule has 0 atom stereocenters. The monoisotopic (exact) mass is 276 g/mol. The number of hydrogen-bond donors (Lipinski definition) is 1. The Balaban J connectivity index is 2.97. The van der Waals surface area contributed by atoms with Gasteiger partial charge in [-0.25, -0.2) is 0 Å². The van der Waals surface area contributed by atoms with Crippen LogP contribution < -0.4 is 0 Å². The van der Waals surface area contributed by atoms with Crippen molar-refractivity contribution in [3.05, 3.63) is 29.6 Å². The highest BCUT2D eigenvalue weighted by Gasteiger charge is 2.34. The molecule has 1 rings (SSSR count). The summed E-state index contributed by atoms with van der Waals surface area (Å²) >= 11 is 0. The number of aryl methyl sites for hydroxylation is 1. The van der Waals surface area contributed by atoms with Crippen LogP contribution in [0.25, 0.3) is 0 Å². The van der Waals surface area contributed by atoms with E-state index in [1.54, 1.807) is 6.92 Å². The predicted octanol–water partition coefficient (Wildman–Crippen LogP) is 1.48. The third kappa shape index (κ3) is 4.94. The lowest BCUT2D eigenvalue weighted by Gasteiger charge is -2.22. The molecule has 0 aliphatic heterocycles. The van der Waals surface area contributed by atoms with Crippen molar-refractivity contribution in [1.82, 2.24) is 9.88 Å². The van der Waals surface area contributed by atoms with Gasteiger partial charge in [0, 0.05) is 17.5 Å². The first-order valence-corrected chi connectivity index (χ1v) is 5.19. The minimum Gasteiger partial charge on any atom is -0.480 e. The highest BCUT2D eigenvalue weighted by atomic mass is 19.4. The van der Waals surface area contributed by atoms with Gasteiger partial charge in [0.25, 0.3) is 5.91 Å². The zero-order valence-corrected chi connectivity index (χ0v) is 9.94. The lowest BCUT2D eigenvalue weighted by Crippen LogP contribution is -2.42. The molecular formula is C11H11F3N2O3. The van der Waals surface area contributed by atoms with Gasteiger partial charge in [0.15, 0.2) is 0 Å². The number of carboxylic acids is 1. The molecule has 0 saturated carbocycles. The van der Waals surface area contributed by atoms with Gasteiger partial charge in [0.1, 0.15) is 13.1 Å². The maximum atomic E-state index is 12.3. The first-order valence-electron chi connectivity index (χ1n) is 5.19. The van der Waals surface area contributed by atoms with Gasteiger partial charge < -0.3 is 10.0 Å². The molecule has 0 radical (unpaired) electrons. The Morgan fingerprint density at radius 1 is 1.42 bits per heavy atom. The van der Waals surface area contributed by atoms with Gasteiger partial charge in [-0.1, -0.05) is 0 Å². The summed E-state index contributed by atoms with van der Waals surface area (Å²) < 4.78 is 36.9. The Hall–Kier alpha value is -2.12. The fourth-order valence-corrected chi connectivity index (χ4v) is 1.44. The summed E-state index contributed by atoms with van der Waals surface area (Å²) in [6.07, 6.45) is -3.39. The van der Waals surface area contributed by atoms with Gasteiger partial charge in [-0.05, 0) is 19.1 Å². The van der Waals surface area contributed by atoms with Crippen LogP contribution in [0.4, 0.5) is 13.2 Å². The van der Waals surface area contributed by atoms with E-state index in [4.69, 9.17) is 5.11 Å². The van der Waals surface area contributed by atoms with Crippen LogP contribution in [0.15, 0.2) is 18.3 Å². The number of aliphatic carboxylic acids is 1. The summed E-state index contributed by atoms with van der Waals surface area (Å²) in [6, 6.07) is 2.54. The molecule has 8 heteroatoms. The van der Waals surface area contributed by atoms with Gasteiger partial charge in [0.2, 0.25) is 0 Å². The van der Waals surface area contributed by atoms with E-state index < -0.39 is 31.1 Å². The van der Waals surface area contributed by atoms with Crippen molar-refractivity contribution in [2.24, 2.45) is 0 Å². The third-order valence-electron chi connectivity index (χ3n) is 2.13. The number of carboxylic acid groups (broad SMARTS) is 1. The van der Waals surface area contributed by atoms with Crippen LogP contribution in [0.3, 0.4) is 0 Å². The van der Waals surface area contributed by atoms with Crippen LogP contribution in [-0.2, 0) is 4.79 Å². The average molecular weight is 276 g/mol. The zero-order valence-electron chi connectivity index (χ0n) is 9.94. The second-order valence-electron chi connectivity index (χ2n) is 3.86. The van der Waals surface area contributed by atoms with Crippen molar-refractivity contribution in [3.63, 3.8) is 0 Å². The number of amides is 1. The molecule has 0 unspecified atom stereocenters. The van der Waals surface area contributed by atoms with E-state index in [0.29, 0.717) is 5.69 Å². The van der Waals surface area contributed by atoms with E-state index in [1.807, 2.05) is 0 Å². The average Bonchev–Trinajstić information content (AvgIpc) is 2.24. The van der Waals surface area contributed by atoms with Crippen molar-refractivity contribution < 1.29 is 27.9 Å². The summed E-state index contributed by atoms with van der Waals surface area (Å²) in [6.45, 7) is -1.05. The maximum absolute atomic E-state index is 12.3. The minimum atomic E-state index is -4.66. The number of halogens is 3. The number of hydrogen-bond acceptors (Lipinski definition) is 3. The Labute approximate surface area is 106 Å². The van der Waals surface area contributed by atoms with E-state index in [-0.39, 0.29) is 10.5 Å². The summed E-state index contributed by atoms with van der Waals surface area (Å²) in [5.74, 6) is -2.51. The van der Waals surface area contributed by atoms with Crippen LogP contribution in [0.2, 0.25) is 0 Å². The Morgan fingerprint density at radius 2 is 2.05 bits per heavy atom. The molecule has 19 heavy (non-hydrogen) atoms. The van der Waals surface area contributed by atoms with Crippen LogP contribution in [0, 0.1) is 6.92 Å². The lowest BCUT2D eigenvalue weighted by atomic mass is 10.2. The van der Waals surface area contributed by atoms with Crippen molar-refractivity contribution in [1.29, 1.82) is 0 Å². The molecule has 0 aliphatic carbocycles. The molecule has 1 N–H and O–H groups in total. The second-order valence-corrected chi connectivity index (χ2v) is 3.86. The van der Waals surface area contributed by atoms with E-state index in [9.17, 15) is 22.8 Å². The van der Waals surface area contributed by atoms with Gasteiger partial charge >= 0.3 is 12.1 Å². The highest BCUT2D eigenvalue weighted by molar-refractivity contribution is 5.95. The first-order chi connectivity index (χ1) is 8.69. The Bertz CT molecular complexity index is 488. The second kappa shape index (κ2) is 5.68. The molecule has 0 fully saturated rings. The van der Waals surface area contributed by atoms with Crippen LogP contribution >= 0.6 is 0 Å². The SMILES string of the molecule is Cc1cc(C(=O)N(CC(=O)O)CC(F)(F)F)ccn1. The topological polar surface area (TPSA) is 70.5 Å². The summed E-state index contributed by atoms with van der Waals surface area (Å²) in [7, 11) is 0. The highest BCUT2D eigenvalue weighted by Crippen LogP contribution is 2.18. The van der Waals surface area contributed by atoms with Gasteiger partial charge in [0.05, 0.1) is 0 Å². The summed E-state index contributed by atoms with van der Waals surface area (Å²) in [5, 5.41) is 8.56. The van der Waals surface area contributed by atoms with E-state index in [2.05, 4.69) is 4.98 Å². The zero-order chi connectivity index (χ0) is 14.6. The van der Waals surface area contributed by atoms with Gasteiger partial charge in [-0.2, -0.15) is 13.2 Å². The van der Waals surface area contributed by atoms with E-state index in [0.717, 1.165) is 0 Å². The minimum absolute atomic E-state index is 0.0296. The number of carbonyl (C=O) groups is 2. The molecule has 0 aliphatic rings. The predicted molar refractivity (Wildman–Crippen MR) is 58.6 cm³/mol. The largest absolute Gasteiger partial charge is 0.480 e. The van der Waals surface area contributed by atoms with Crippen molar-refractivity contribution in [2.75, 3.05) is 13.1 Å². The number of aromatic nitrogens is 1. The molecule has 0 bridgehead atoms. The normalized spacial score (nSPS) is 11.2. The van der Waals surface area contributed by atoms with Gasteiger partial charge in [-0.3, -0.25) is 14.6 Å². The Kier molecular flexibility index (Phi) is 4.47. The lowest BCUT2D eigenvalue weighted by molar-refractivity contribution is -0.149. The molecule has 0 aromatic carbocycles. The van der Waals surface area contributed by atoms with Crippen molar-refractivity contribution in [2.45, 2.75) is 13.1 Å². The standard InChI is InChI=1S/C11H11F3N2O3/c1-7-4-8(2-3-15-7)10(19)16(5-9(17)18)6-11(12,13)14/h2-4H,5-6H2,1H3,(H,17,18). The maximum Gasteiger partial charge on any atom is 0.406 e. The number of rotatable bonds is 4. The Morgan fingerprint density at radius 3 is 2.53 bits per heavy atom. The van der Waals surface area contributed by atoms with Crippen molar-refractivity contribution in [3.8, 4) is 0 Å². The third-order valence-corrected chi connectivity index (χ3v) is 2.13. The molecule has 1 amide bonds. The van der Waals surface area contributed by atoms with E-state index in [1.165, 1.54) is 18.3 Å². The number of nitrogens with zero attached hydrogens (tertiary/aromatic N) is 2. The molecule has 1 aromatic rings. The first kappa shape index (κ1) is 14.9. The fourth-order valence-electron chi connectivity index (χ4n) is 1.44. The smallest absolute Gasteiger partial charge is 0.406 e. The molecule has 5 nitrogen and oxygen atoms in total. The molecule has 1 aromatic heterocycles. The van der Waals surface area contributed by atoms with Crippen molar-refractivity contribution >= 4 is 11.9 Å². The quantitative estimate of drug-likeness (QED) is 0.904. The summed E-state index contributed by atoms with van der Waals surface area (Å²) in [5.41, 5.74) is 0.422. The molecular weight excluding hydrogens is 265 g/mol. The molecule has 0 spiro atoms. The van der Waals surface area contributed by atoms with Crippen LogP contribution in [-0.4, -0.2) is 46.1 Å². The number of alkyl halides is 3.